The van der Waals surface area contributed by atoms with Crippen LogP contribution >= 0.6 is 0 Å². The Hall–Kier alpha value is -1.64. The van der Waals surface area contributed by atoms with Gasteiger partial charge in [0.2, 0.25) is 0 Å². The zero-order valence-corrected chi connectivity index (χ0v) is 9.88. The zero-order chi connectivity index (χ0) is 14.1. The summed E-state index contributed by atoms with van der Waals surface area (Å²) in [6, 6.07) is 2.48. The molecule has 100 valence electrons. The Bertz CT molecular complexity index is 580. The lowest BCUT2D eigenvalue weighted by molar-refractivity contribution is -0.388. The van der Waals surface area contributed by atoms with Gasteiger partial charge in [0.1, 0.15) is 5.56 Å². The van der Waals surface area contributed by atoms with Crippen molar-refractivity contribution in [3.8, 4) is 0 Å². The summed E-state index contributed by atoms with van der Waals surface area (Å²) in [5.41, 5.74) is -3.14. The summed E-state index contributed by atoms with van der Waals surface area (Å²) in [4.78, 5) is 9.47. The van der Waals surface area contributed by atoms with Crippen molar-refractivity contribution in [2.24, 2.45) is 0 Å². The van der Waals surface area contributed by atoms with Crippen molar-refractivity contribution in [2.75, 3.05) is 6.26 Å². The van der Waals surface area contributed by atoms with Gasteiger partial charge in [-0.15, -0.1) is 0 Å². The van der Waals surface area contributed by atoms with Gasteiger partial charge in [-0.3, -0.25) is 10.1 Å². The number of hydrogen-bond donors (Lipinski definition) is 0. The first-order chi connectivity index (χ1) is 8.02. The van der Waals surface area contributed by atoms with Crippen LogP contribution in [0.3, 0.4) is 0 Å². The quantitative estimate of drug-likeness (QED) is 0.629. The molecule has 0 bridgehead atoms. The molecule has 0 saturated heterocycles. The van der Waals surface area contributed by atoms with Crippen LogP contribution in [0.25, 0.3) is 0 Å². The van der Waals surface area contributed by atoms with Crippen molar-refractivity contribution >= 4 is 15.5 Å². The Kier molecular flexibility index (Phi) is 3.65. The molecule has 0 aliphatic carbocycles. The van der Waals surface area contributed by atoms with Crippen molar-refractivity contribution in [1.82, 2.24) is 0 Å². The normalized spacial score (nSPS) is 12.4. The van der Waals surface area contributed by atoms with E-state index in [9.17, 15) is 31.7 Å². The van der Waals surface area contributed by atoms with E-state index in [1.807, 2.05) is 0 Å². The largest absolute Gasteiger partial charge is 0.423 e. The smallest absolute Gasteiger partial charge is 0.258 e. The SMILES string of the molecule is CS(=O)(=O)Cc1cccc(C(F)(F)F)c1[N+](=O)[O-]. The lowest BCUT2D eigenvalue weighted by atomic mass is 10.1. The molecule has 0 N–H and O–H groups in total. The van der Waals surface area contributed by atoms with E-state index in [1.54, 1.807) is 0 Å². The summed E-state index contributed by atoms with van der Waals surface area (Å²) in [6.45, 7) is 0. The number of nitro groups is 1. The maximum Gasteiger partial charge on any atom is 0.423 e. The lowest BCUT2D eigenvalue weighted by Crippen LogP contribution is -2.12. The van der Waals surface area contributed by atoms with Gasteiger partial charge in [0.05, 0.1) is 10.7 Å². The first-order valence-corrected chi connectivity index (χ1v) is 6.59. The zero-order valence-electron chi connectivity index (χ0n) is 9.06. The van der Waals surface area contributed by atoms with Crippen LogP contribution in [0.4, 0.5) is 18.9 Å². The highest BCUT2D eigenvalue weighted by molar-refractivity contribution is 7.89. The van der Waals surface area contributed by atoms with E-state index in [-0.39, 0.29) is 0 Å². The Balaban J connectivity index is 3.50. The third kappa shape index (κ3) is 3.42. The van der Waals surface area contributed by atoms with Gasteiger partial charge in [-0.2, -0.15) is 13.2 Å². The molecule has 1 rings (SSSR count). The van der Waals surface area contributed by atoms with Gasteiger partial charge in [0.15, 0.2) is 9.84 Å². The summed E-state index contributed by atoms with van der Waals surface area (Å²) in [7, 11) is -3.67. The molecule has 0 unspecified atom stereocenters. The molecule has 0 aromatic heterocycles. The molecule has 9 heteroatoms. The summed E-state index contributed by atoms with van der Waals surface area (Å²) in [5, 5.41) is 10.7. The summed E-state index contributed by atoms with van der Waals surface area (Å²) < 4.78 is 59.8. The van der Waals surface area contributed by atoms with Crippen molar-refractivity contribution in [3.05, 3.63) is 39.4 Å². The van der Waals surface area contributed by atoms with E-state index >= 15 is 0 Å². The van der Waals surface area contributed by atoms with Crippen LogP contribution < -0.4 is 0 Å². The van der Waals surface area contributed by atoms with Gasteiger partial charge in [0, 0.05) is 11.8 Å². The predicted molar refractivity (Wildman–Crippen MR) is 56.6 cm³/mol. The fraction of sp³-hybridized carbons (Fsp3) is 0.333. The van der Waals surface area contributed by atoms with E-state index in [4.69, 9.17) is 0 Å². The Morgan fingerprint density at radius 2 is 1.89 bits per heavy atom. The van der Waals surface area contributed by atoms with Crippen molar-refractivity contribution in [1.29, 1.82) is 0 Å². The highest BCUT2D eigenvalue weighted by Gasteiger charge is 2.39. The van der Waals surface area contributed by atoms with Gasteiger partial charge in [0.25, 0.3) is 5.69 Å². The van der Waals surface area contributed by atoms with Crippen LogP contribution in [-0.4, -0.2) is 19.6 Å². The third-order valence-corrected chi connectivity index (χ3v) is 2.86. The van der Waals surface area contributed by atoms with E-state index in [1.165, 1.54) is 0 Å². The first kappa shape index (κ1) is 14.4. The molecule has 0 aliphatic heterocycles. The van der Waals surface area contributed by atoms with Crippen LogP contribution in [0, 0.1) is 10.1 Å². The van der Waals surface area contributed by atoms with Crippen LogP contribution in [0.15, 0.2) is 18.2 Å². The molecule has 1 aromatic rings. The van der Waals surface area contributed by atoms with Crippen molar-refractivity contribution in [3.63, 3.8) is 0 Å². The molecule has 0 saturated carbocycles. The number of halogens is 3. The summed E-state index contributed by atoms with van der Waals surface area (Å²) in [5.74, 6) is -0.812. The minimum atomic E-state index is -4.91. The highest BCUT2D eigenvalue weighted by Crippen LogP contribution is 2.38. The number of nitro benzene ring substituents is 1. The molecule has 18 heavy (non-hydrogen) atoms. The number of nitrogens with zero attached hydrogens (tertiary/aromatic N) is 1. The molecule has 0 heterocycles. The average Bonchev–Trinajstić information content (AvgIpc) is 2.12. The molecular formula is C9H8F3NO4S. The Morgan fingerprint density at radius 1 is 1.33 bits per heavy atom. The number of hydrogen-bond acceptors (Lipinski definition) is 4. The Labute approximate surface area is 100 Å². The molecule has 0 fully saturated rings. The van der Waals surface area contributed by atoms with Gasteiger partial charge < -0.3 is 0 Å². The minimum Gasteiger partial charge on any atom is -0.258 e. The topological polar surface area (TPSA) is 77.3 Å². The summed E-state index contributed by atoms with van der Waals surface area (Å²) in [6.07, 6.45) is -4.12. The lowest BCUT2D eigenvalue weighted by Gasteiger charge is -2.10. The molecule has 0 spiro atoms. The van der Waals surface area contributed by atoms with Crippen LogP contribution in [0.5, 0.6) is 0 Å². The predicted octanol–water partition coefficient (Wildman–Crippen LogP) is 2.16. The average molecular weight is 283 g/mol. The van der Waals surface area contributed by atoms with Gasteiger partial charge in [-0.05, 0) is 6.07 Å². The van der Waals surface area contributed by atoms with Crippen LogP contribution in [-0.2, 0) is 21.8 Å². The van der Waals surface area contributed by atoms with Gasteiger partial charge in [-0.1, -0.05) is 12.1 Å². The molecule has 1 aromatic carbocycles. The van der Waals surface area contributed by atoms with Crippen molar-refractivity contribution < 1.29 is 26.5 Å². The highest BCUT2D eigenvalue weighted by atomic mass is 32.2. The minimum absolute atomic E-state index is 0.475. The van der Waals surface area contributed by atoms with E-state index in [2.05, 4.69) is 0 Å². The second kappa shape index (κ2) is 4.56. The number of sulfone groups is 1. The standard InChI is InChI=1S/C9H8F3NO4S/c1-18(16,17)5-6-3-2-4-7(9(10,11)12)8(6)13(14)15/h2-4H,5H2,1H3. The molecule has 0 aliphatic rings. The Morgan fingerprint density at radius 3 is 2.28 bits per heavy atom. The van der Waals surface area contributed by atoms with E-state index in [0.717, 1.165) is 18.4 Å². The fourth-order valence-corrected chi connectivity index (χ4v) is 2.23. The molecule has 0 amide bonds. The molecule has 5 nitrogen and oxygen atoms in total. The number of alkyl halides is 3. The fourth-order valence-electron chi connectivity index (χ4n) is 1.43. The van der Waals surface area contributed by atoms with Crippen LogP contribution in [0.2, 0.25) is 0 Å². The second-order valence-corrected chi connectivity index (χ2v) is 5.78. The number of para-hydroxylation sites is 1. The second-order valence-electron chi connectivity index (χ2n) is 3.64. The van der Waals surface area contributed by atoms with Crippen LogP contribution in [0.1, 0.15) is 11.1 Å². The molecule has 0 atom stereocenters. The number of benzene rings is 1. The first-order valence-electron chi connectivity index (χ1n) is 4.53. The van der Waals surface area contributed by atoms with Gasteiger partial charge >= 0.3 is 6.18 Å². The third-order valence-electron chi connectivity index (χ3n) is 2.03. The maximum atomic E-state index is 12.6. The molecule has 0 radical (unpaired) electrons. The summed E-state index contributed by atoms with van der Waals surface area (Å²) >= 11 is 0. The van der Waals surface area contributed by atoms with E-state index in [0.29, 0.717) is 6.07 Å². The maximum absolute atomic E-state index is 12.6. The van der Waals surface area contributed by atoms with E-state index < -0.39 is 43.5 Å². The molecular weight excluding hydrogens is 275 g/mol. The number of rotatable bonds is 3. The van der Waals surface area contributed by atoms with Gasteiger partial charge in [-0.25, -0.2) is 8.42 Å². The van der Waals surface area contributed by atoms with Crippen molar-refractivity contribution in [2.45, 2.75) is 11.9 Å². The monoisotopic (exact) mass is 283 g/mol.